The Bertz CT molecular complexity index is 491. The maximum atomic E-state index is 4.16. The zero-order valence-corrected chi connectivity index (χ0v) is 9.11. The van der Waals surface area contributed by atoms with Crippen molar-refractivity contribution in [3.05, 3.63) is 53.9 Å². The molecule has 1 aromatic carbocycles. The normalized spacial score (nSPS) is 14.5. The number of hydrogen-bond donors (Lipinski definition) is 1. The summed E-state index contributed by atoms with van der Waals surface area (Å²) < 4.78 is 0. The quantitative estimate of drug-likeness (QED) is 0.781. The highest BCUT2D eigenvalue weighted by atomic mass is 14.9. The molecule has 1 aromatic heterocycles. The van der Waals surface area contributed by atoms with Crippen molar-refractivity contribution in [2.45, 2.75) is 13.0 Å². The summed E-state index contributed by atoms with van der Waals surface area (Å²) in [5.74, 6) is 0. The van der Waals surface area contributed by atoms with Crippen LogP contribution in [0, 0.1) is 0 Å². The molecule has 1 aliphatic heterocycles. The average molecular weight is 210 g/mol. The van der Waals surface area contributed by atoms with Crippen molar-refractivity contribution >= 4 is 0 Å². The van der Waals surface area contributed by atoms with E-state index in [9.17, 15) is 0 Å². The molecule has 0 saturated heterocycles. The summed E-state index contributed by atoms with van der Waals surface area (Å²) in [4.78, 5) is 4.16. The summed E-state index contributed by atoms with van der Waals surface area (Å²) in [7, 11) is 0. The van der Waals surface area contributed by atoms with Gasteiger partial charge in [0.25, 0.3) is 0 Å². The second-order valence-electron chi connectivity index (χ2n) is 4.15. The monoisotopic (exact) mass is 210 g/mol. The Morgan fingerprint density at radius 2 is 2.06 bits per heavy atom. The highest BCUT2D eigenvalue weighted by Gasteiger charge is 2.09. The summed E-state index contributed by atoms with van der Waals surface area (Å²) in [6, 6.07) is 10.8. The van der Waals surface area contributed by atoms with Gasteiger partial charge in [0.15, 0.2) is 0 Å². The number of benzene rings is 1. The minimum Gasteiger partial charge on any atom is -0.312 e. The second kappa shape index (κ2) is 4.06. The highest BCUT2D eigenvalue weighted by Crippen LogP contribution is 2.23. The third-order valence-corrected chi connectivity index (χ3v) is 3.09. The third kappa shape index (κ3) is 1.72. The van der Waals surface area contributed by atoms with Crippen molar-refractivity contribution in [3.8, 4) is 11.1 Å². The van der Waals surface area contributed by atoms with Gasteiger partial charge in [0.1, 0.15) is 0 Å². The van der Waals surface area contributed by atoms with E-state index in [1.54, 1.807) is 0 Å². The van der Waals surface area contributed by atoms with Gasteiger partial charge in [0.2, 0.25) is 0 Å². The summed E-state index contributed by atoms with van der Waals surface area (Å²) in [5, 5.41) is 3.39. The van der Waals surface area contributed by atoms with Crippen molar-refractivity contribution in [1.29, 1.82) is 0 Å². The molecule has 0 fully saturated rings. The van der Waals surface area contributed by atoms with E-state index in [0.29, 0.717) is 0 Å². The van der Waals surface area contributed by atoms with Crippen LogP contribution in [-0.2, 0) is 13.0 Å². The molecule has 2 heteroatoms. The van der Waals surface area contributed by atoms with Gasteiger partial charge >= 0.3 is 0 Å². The SMILES string of the molecule is c1cncc(-c2ccc3c(c2)CCNC3)c1. The fraction of sp³-hybridized carbons (Fsp3) is 0.214. The lowest BCUT2D eigenvalue weighted by Gasteiger charge is -2.17. The van der Waals surface area contributed by atoms with Gasteiger partial charge in [-0.1, -0.05) is 24.3 Å². The van der Waals surface area contributed by atoms with E-state index in [4.69, 9.17) is 0 Å². The first kappa shape index (κ1) is 9.55. The molecule has 0 bridgehead atoms. The number of fused-ring (bicyclic) bond motifs is 1. The van der Waals surface area contributed by atoms with Crippen LogP contribution in [0.25, 0.3) is 11.1 Å². The van der Waals surface area contributed by atoms with Gasteiger partial charge in [-0.25, -0.2) is 0 Å². The molecule has 0 amide bonds. The van der Waals surface area contributed by atoms with Crippen LogP contribution in [0.3, 0.4) is 0 Å². The van der Waals surface area contributed by atoms with Crippen molar-refractivity contribution in [3.63, 3.8) is 0 Å². The van der Waals surface area contributed by atoms with Crippen LogP contribution >= 0.6 is 0 Å². The standard InChI is InChI=1S/C14H14N2/c1-2-13(9-15-6-1)11-3-4-14-10-16-7-5-12(14)8-11/h1-4,6,8-9,16H,5,7,10H2. The van der Waals surface area contributed by atoms with Gasteiger partial charge in [0.05, 0.1) is 0 Å². The van der Waals surface area contributed by atoms with E-state index in [2.05, 4.69) is 34.6 Å². The Kier molecular flexibility index (Phi) is 2.43. The minimum absolute atomic E-state index is 1.00. The molecule has 0 aliphatic carbocycles. The number of nitrogens with zero attached hydrogens (tertiary/aromatic N) is 1. The lowest BCUT2D eigenvalue weighted by Crippen LogP contribution is -2.23. The molecule has 3 rings (SSSR count). The molecule has 0 unspecified atom stereocenters. The zero-order chi connectivity index (χ0) is 10.8. The molecule has 0 atom stereocenters. The van der Waals surface area contributed by atoms with Crippen LogP contribution < -0.4 is 5.32 Å². The Labute approximate surface area is 95.3 Å². The van der Waals surface area contributed by atoms with Gasteiger partial charge in [-0.3, -0.25) is 4.98 Å². The van der Waals surface area contributed by atoms with Crippen molar-refractivity contribution in [2.75, 3.05) is 6.54 Å². The Morgan fingerprint density at radius 1 is 1.06 bits per heavy atom. The summed E-state index contributed by atoms with van der Waals surface area (Å²) >= 11 is 0. The first-order chi connectivity index (χ1) is 7.93. The van der Waals surface area contributed by atoms with Crippen LogP contribution in [0.4, 0.5) is 0 Å². The molecule has 0 saturated carbocycles. The Balaban J connectivity index is 2.03. The van der Waals surface area contributed by atoms with Crippen molar-refractivity contribution in [2.24, 2.45) is 0 Å². The van der Waals surface area contributed by atoms with Crippen LogP contribution in [0.2, 0.25) is 0 Å². The highest BCUT2D eigenvalue weighted by molar-refractivity contribution is 5.64. The summed E-state index contributed by atoms with van der Waals surface area (Å²) in [6.07, 6.45) is 4.86. The lowest BCUT2D eigenvalue weighted by atomic mass is 9.96. The topological polar surface area (TPSA) is 24.9 Å². The van der Waals surface area contributed by atoms with Gasteiger partial charge in [-0.2, -0.15) is 0 Å². The molecule has 0 radical (unpaired) electrons. The van der Waals surface area contributed by atoms with Gasteiger partial charge in [0, 0.05) is 18.9 Å². The molecular weight excluding hydrogens is 196 g/mol. The minimum atomic E-state index is 1.00. The predicted octanol–water partition coefficient (Wildman–Crippen LogP) is 2.39. The maximum Gasteiger partial charge on any atom is 0.0346 e. The molecule has 1 aliphatic rings. The van der Waals surface area contributed by atoms with E-state index < -0.39 is 0 Å². The fourth-order valence-electron chi connectivity index (χ4n) is 2.19. The van der Waals surface area contributed by atoms with E-state index in [-0.39, 0.29) is 0 Å². The number of nitrogens with one attached hydrogen (secondary N) is 1. The van der Waals surface area contributed by atoms with Crippen LogP contribution in [0.5, 0.6) is 0 Å². The fourth-order valence-corrected chi connectivity index (χ4v) is 2.19. The molecule has 2 heterocycles. The number of pyridine rings is 1. The summed E-state index contributed by atoms with van der Waals surface area (Å²) in [6.45, 7) is 2.09. The molecule has 16 heavy (non-hydrogen) atoms. The van der Waals surface area contributed by atoms with Gasteiger partial charge < -0.3 is 5.32 Å². The first-order valence-electron chi connectivity index (χ1n) is 5.66. The predicted molar refractivity (Wildman–Crippen MR) is 65.1 cm³/mol. The second-order valence-corrected chi connectivity index (χ2v) is 4.15. The van der Waals surface area contributed by atoms with E-state index in [1.165, 1.54) is 22.3 Å². The Morgan fingerprint density at radius 3 is 2.94 bits per heavy atom. The van der Waals surface area contributed by atoms with Gasteiger partial charge in [-0.15, -0.1) is 0 Å². The number of rotatable bonds is 1. The smallest absolute Gasteiger partial charge is 0.0346 e. The summed E-state index contributed by atoms with van der Waals surface area (Å²) in [5.41, 5.74) is 5.37. The van der Waals surface area contributed by atoms with E-state index in [1.807, 2.05) is 18.5 Å². The third-order valence-electron chi connectivity index (χ3n) is 3.09. The van der Waals surface area contributed by atoms with Crippen LogP contribution in [-0.4, -0.2) is 11.5 Å². The largest absolute Gasteiger partial charge is 0.312 e. The molecular formula is C14H14N2. The molecule has 2 nitrogen and oxygen atoms in total. The molecule has 2 aromatic rings. The average Bonchev–Trinajstić information content (AvgIpc) is 2.39. The van der Waals surface area contributed by atoms with Gasteiger partial charge in [-0.05, 0) is 41.3 Å². The molecule has 1 N–H and O–H groups in total. The molecule has 80 valence electrons. The van der Waals surface area contributed by atoms with E-state index in [0.717, 1.165) is 19.5 Å². The van der Waals surface area contributed by atoms with Crippen molar-refractivity contribution < 1.29 is 0 Å². The maximum absolute atomic E-state index is 4.16. The van der Waals surface area contributed by atoms with E-state index >= 15 is 0 Å². The van der Waals surface area contributed by atoms with Crippen molar-refractivity contribution in [1.82, 2.24) is 10.3 Å². The number of hydrogen-bond acceptors (Lipinski definition) is 2. The number of aromatic nitrogens is 1. The zero-order valence-electron chi connectivity index (χ0n) is 9.11. The first-order valence-corrected chi connectivity index (χ1v) is 5.66. The van der Waals surface area contributed by atoms with Crippen LogP contribution in [0.1, 0.15) is 11.1 Å². The molecule has 0 spiro atoms. The Hall–Kier alpha value is -1.67. The lowest BCUT2D eigenvalue weighted by molar-refractivity contribution is 0.644. The van der Waals surface area contributed by atoms with Crippen LogP contribution in [0.15, 0.2) is 42.7 Å².